The van der Waals surface area contributed by atoms with Gasteiger partial charge in [0.05, 0.1) is 36.5 Å². The predicted octanol–water partition coefficient (Wildman–Crippen LogP) is 11.1. The fraction of sp³-hybridized carbons (Fsp3) is 0.341. The molecule has 0 radical (unpaired) electrons. The van der Waals surface area contributed by atoms with Crippen molar-refractivity contribution in [2.24, 2.45) is 23.7 Å². The van der Waals surface area contributed by atoms with Gasteiger partial charge in [-0.1, -0.05) is 128 Å². The molecule has 4 aromatic rings. The van der Waals surface area contributed by atoms with Gasteiger partial charge in [0.2, 0.25) is 0 Å². The van der Waals surface area contributed by atoms with Crippen molar-refractivity contribution in [1.29, 1.82) is 0 Å². The van der Waals surface area contributed by atoms with E-state index in [0.717, 1.165) is 40.4 Å². The quantitative estimate of drug-likeness (QED) is 0.0946. The van der Waals surface area contributed by atoms with E-state index in [-0.39, 0.29) is 33.6 Å². The molecule has 0 amide bonds. The molecule has 1 heterocycles. The van der Waals surface area contributed by atoms with Crippen molar-refractivity contribution in [1.82, 2.24) is 0 Å². The van der Waals surface area contributed by atoms with Crippen LogP contribution < -0.4 is 0 Å². The molecule has 1 saturated heterocycles. The molecule has 1 aliphatic heterocycles. The number of rotatable bonds is 9. The standard InChI is InChI=1S/C27H25Cl2IO5.C14H11Cl2FO/c28-21-6-7-22(23(29)20(21)14-33-13-15-4-2-1-3-5-15)30-24-25(31)34-27(35-26(24)32)18-9-16-8-17(11-18)12-19(27)10-16;15-12-6-7-13(17)14(16)11(12)9-18-8-10-4-2-1-3-5-10/h1-7,16-19H,8-14H2;1-7H,8-9H2/i;17-1. The molecule has 53 heavy (non-hydrogen) atoms. The maximum Gasteiger partial charge on any atom is 0.354 e. The molecule has 4 aromatic carbocycles. The Morgan fingerprint density at radius 1 is 0.623 bits per heavy atom. The summed E-state index contributed by atoms with van der Waals surface area (Å²) in [5, 5.41) is 1.36. The van der Waals surface area contributed by atoms with E-state index >= 15 is 0 Å². The zero-order valence-electron chi connectivity index (χ0n) is 28.5. The minimum absolute atomic E-state index is 0.0237. The Morgan fingerprint density at radius 2 is 1.09 bits per heavy atom. The number of hydrogen-bond donors (Lipinski definition) is 0. The van der Waals surface area contributed by atoms with Crippen LogP contribution in [0.4, 0.5) is 4.39 Å². The molecule has 278 valence electrons. The van der Waals surface area contributed by atoms with E-state index in [9.17, 15) is 14.0 Å². The Labute approximate surface area is 337 Å². The van der Waals surface area contributed by atoms with Crippen LogP contribution in [0.25, 0.3) is 0 Å². The van der Waals surface area contributed by atoms with Gasteiger partial charge in [-0.25, -0.2) is 14.0 Å². The number of carbonyl (C=O) groups excluding carboxylic acids is 2. The minimum atomic E-state index is -1.22. The van der Waals surface area contributed by atoms with Crippen LogP contribution in [0.2, 0.25) is 20.1 Å². The lowest BCUT2D eigenvalue weighted by Gasteiger charge is -2.59. The molecule has 4 aliphatic carbocycles. The van der Waals surface area contributed by atoms with Crippen molar-refractivity contribution in [3.8, 4) is 0 Å². The van der Waals surface area contributed by atoms with Crippen molar-refractivity contribution in [2.75, 3.05) is 0 Å². The molecule has 9 rings (SSSR count). The first-order chi connectivity index (χ1) is 25.6. The molecule has 0 aromatic heterocycles. The second-order valence-electron chi connectivity index (χ2n) is 13.8. The Kier molecular flexibility index (Phi) is 12.5. The number of halogens is 6. The summed E-state index contributed by atoms with van der Waals surface area (Å²) in [6, 6.07) is 25.8. The Bertz CT molecular complexity index is 1960. The SMILES string of the molecule is O=C1OC2(OC(=O)C1=Ic1ccc(Cl)c(COCc3ccccc3)c1Cl)C1CC3CC(C1)CC2C3.[18F]c1ccc(Cl)c(COCc2ccccc2)c1Cl. The van der Waals surface area contributed by atoms with E-state index in [4.69, 9.17) is 65.4 Å². The average Bonchev–Trinajstić information content (AvgIpc) is 3.15. The third-order valence-corrected chi connectivity index (χ3v) is 15.1. The smallest absolute Gasteiger partial charge is 0.354 e. The van der Waals surface area contributed by atoms with Gasteiger partial charge >= 0.3 is 11.9 Å². The van der Waals surface area contributed by atoms with E-state index in [1.54, 1.807) is 12.1 Å². The fourth-order valence-electron chi connectivity index (χ4n) is 8.00. The summed E-state index contributed by atoms with van der Waals surface area (Å²) in [7, 11) is 0. The van der Waals surface area contributed by atoms with Crippen LogP contribution in [0.5, 0.6) is 0 Å². The number of benzene rings is 4. The van der Waals surface area contributed by atoms with Gasteiger partial charge in [0.25, 0.3) is 5.79 Å². The maximum atomic E-state index is 13.3. The Morgan fingerprint density at radius 3 is 1.60 bits per heavy atom. The highest BCUT2D eigenvalue weighted by Gasteiger charge is 2.64. The normalized spacial score (nSPS) is 24.1. The van der Waals surface area contributed by atoms with Crippen LogP contribution in [-0.2, 0) is 55.0 Å². The predicted molar refractivity (Wildman–Crippen MR) is 212 cm³/mol. The summed E-state index contributed by atoms with van der Waals surface area (Å²) in [6.45, 7) is 1.27. The number of esters is 2. The largest absolute Gasteiger partial charge is 0.418 e. The van der Waals surface area contributed by atoms with Gasteiger partial charge in [-0.15, -0.1) is 0 Å². The molecule has 4 bridgehead atoms. The van der Waals surface area contributed by atoms with E-state index in [1.165, 1.54) is 18.6 Å². The van der Waals surface area contributed by atoms with E-state index < -0.39 is 44.3 Å². The van der Waals surface area contributed by atoms with Crippen LogP contribution in [0, 0.1) is 33.1 Å². The van der Waals surface area contributed by atoms with Crippen LogP contribution in [0.3, 0.4) is 0 Å². The van der Waals surface area contributed by atoms with E-state index in [2.05, 4.69) is 0 Å². The molecule has 0 N–H and O–H groups in total. The highest BCUT2D eigenvalue weighted by atomic mass is 127. The summed E-state index contributed by atoms with van der Waals surface area (Å²) < 4.78 is 37.5. The van der Waals surface area contributed by atoms with E-state index in [1.807, 2.05) is 60.7 Å². The first-order valence-electron chi connectivity index (χ1n) is 17.4. The van der Waals surface area contributed by atoms with Crippen molar-refractivity contribution in [2.45, 2.75) is 64.3 Å². The lowest BCUT2D eigenvalue weighted by molar-refractivity contribution is -0.308. The summed E-state index contributed by atoms with van der Waals surface area (Å²) >= 11 is 23.7. The molecule has 1 spiro atoms. The van der Waals surface area contributed by atoms with Gasteiger partial charge < -0.3 is 18.9 Å². The van der Waals surface area contributed by atoms with Gasteiger partial charge in [0.1, 0.15) is 5.82 Å². The van der Waals surface area contributed by atoms with Crippen LogP contribution in [0.15, 0.2) is 84.9 Å². The lowest BCUT2D eigenvalue weighted by Crippen LogP contribution is -2.65. The molecular weight excluding hydrogens is 875 g/mol. The zero-order chi connectivity index (χ0) is 37.1. The Hall–Kier alpha value is -2.57. The molecule has 0 atom stereocenters. The second-order valence-corrected chi connectivity index (χ2v) is 18.2. The molecule has 5 aliphatic rings. The summed E-state index contributed by atoms with van der Waals surface area (Å²) in [6.07, 6.45) is 5.18. The Balaban J connectivity index is 0.000000204. The molecular formula is C41H36Cl4FIO6. The molecule has 12 heteroatoms. The van der Waals surface area contributed by atoms with Crippen molar-refractivity contribution in [3.63, 3.8) is 0 Å². The third-order valence-electron chi connectivity index (χ3n) is 10.3. The molecule has 6 nitrogen and oxygen atoms in total. The highest BCUT2D eigenvalue weighted by molar-refractivity contribution is 14.2. The van der Waals surface area contributed by atoms with Gasteiger partial charge in [0, 0.05) is 36.6 Å². The molecule has 0 unspecified atom stereocenters. The topological polar surface area (TPSA) is 71.1 Å². The summed E-state index contributed by atoms with van der Waals surface area (Å²) in [5.74, 6) is -1.02. The zero-order valence-corrected chi connectivity index (χ0v) is 33.7. The van der Waals surface area contributed by atoms with Gasteiger partial charge in [-0.05, 0) is 79.3 Å². The summed E-state index contributed by atoms with van der Waals surface area (Å²) in [5.41, 5.74) is 3.22. The number of hydrogen-bond acceptors (Lipinski definition) is 6. The second kappa shape index (κ2) is 17.1. The van der Waals surface area contributed by atoms with Gasteiger partial charge in [-0.2, -0.15) is 0 Å². The van der Waals surface area contributed by atoms with Gasteiger partial charge in [0.15, 0.2) is 3.51 Å². The molecule has 4 saturated carbocycles. The van der Waals surface area contributed by atoms with Crippen LogP contribution >= 0.6 is 67.1 Å². The van der Waals surface area contributed by atoms with Crippen LogP contribution in [-0.4, -0.2) is 21.2 Å². The summed E-state index contributed by atoms with van der Waals surface area (Å²) in [4.78, 5) is 26.3. The maximum absolute atomic E-state index is 13.3. The monoisotopic (exact) mass is 909 g/mol. The van der Waals surface area contributed by atoms with Gasteiger partial charge in [-0.3, -0.25) is 0 Å². The first-order valence-corrected chi connectivity index (χ1v) is 21.1. The minimum Gasteiger partial charge on any atom is -0.418 e. The van der Waals surface area contributed by atoms with Crippen molar-refractivity contribution in [3.05, 3.63) is 137 Å². The van der Waals surface area contributed by atoms with Crippen LogP contribution in [0.1, 0.15) is 54.4 Å². The number of carbonyl (C=O) groups is 2. The van der Waals surface area contributed by atoms with E-state index in [0.29, 0.717) is 51.2 Å². The fourth-order valence-corrected chi connectivity index (χ4v) is 11.4. The third kappa shape index (κ3) is 8.64. The average molecular weight is 911 g/mol. The molecule has 5 fully saturated rings. The highest BCUT2D eigenvalue weighted by Crippen LogP contribution is 2.60. The first kappa shape index (κ1) is 38.7. The van der Waals surface area contributed by atoms with Crippen molar-refractivity contribution >= 4 is 82.6 Å². The lowest BCUT2D eigenvalue weighted by atomic mass is 9.53. The number of ether oxygens (including phenoxy) is 4. The van der Waals surface area contributed by atoms with Crippen molar-refractivity contribution < 1.29 is 32.9 Å².